The molecule has 2 atom stereocenters. The van der Waals surface area contributed by atoms with Gasteiger partial charge in [-0.15, -0.1) is 12.4 Å². The molecule has 4 nitrogen and oxygen atoms in total. The zero-order chi connectivity index (χ0) is 11.5. The number of nitrogens with zero attached hydrogens (tertiary/aromatic N) is 1. The fraction of sp³-hybridized carbons (Fsp3) is 0.917. The van der Waals surface area contributed by atoms with E-state index >= 15 is 0 Å². The molecule has 0 aliphatic carbocycles. The van der Waals surface area contributed by atoms with Crippen molar-refractivity contribution in [3.05, 3.63) is 0 Å². The van der Waals surface area contributed by atoms with Gasteiger partial charge in [0.2, 0.25) is 5.91 Å². The largest absolute Gasteiger partial charge is 0.380 e. The predicted octanol–water partition coefficient (Wildman–Crippen LogP) is 0.901. The van der Waals surface area contributed by atoms with E-state index in [2.05, 4.69) is 12.2 Å². The Labute approximate surface area is 109 Å². The number of amides is 1. The molecule has 1 N–H and O–H groups in total. The quantitative estimate of drug-likeness (QED) is 0.822. The Morgan fingerprint density at radius 3 is 2.71 bits per heavy atom. The van der Waals surface area contributed by atoms with Crippen molar-refractivity contribution >= 4 is 18.3 Å². The van der Waals surface area contributed by atoms with Gasteiger partial charge in [0, 0.05) is 26.1 Å². The van der Waals surface area contributed by atoms with Gasteiger partial charge in [0.25, 0.3) is 0 Å². The van der Waals surface area contributed by atoms with Crippen molar-refractivity contribution < 1.29 is 9.53 Å². The van der Waals surface area contributed by atoms with Crippen molar-refractivity contribution in [3.8, 4) is 0 Å². The number of hydrogen-bond donors (Lipinski definition) is 1. The first kappa shape index (κ1) is 14.7. The fourth-order valence-electron chi connectivity index (χ4n) is 2.48. The monoisotopic (exact) mass is 262 g/mol. The van der Waals surface area contributed by atoms with Crippen LogP contribution in [0.1, 0.15) is 19.8 Å². The Bertz CT molecular complexity index is 259. The van der Waals surface area contributed by atoms with Crippen molar-refractivity contribution in [2.45, 2.75) is 25.9 Å². The van der Waals surface area contributed by atoms with Crippen LogP contribution in [0.5, 0.6) is 0 Å². The molecule has 0 saturated carbocycles. The molecule has 100 valence electrons. The SMILES string of the molecule is COC1CCCN(C(=O)C(C)C2CNC2)C1.Cl. The molecule has 0 bridgehead atoms. The Hall–Kier alpha value is -0.320. The van der Waals surface area contributed by atoms with E-state index in [-0.39, 0.29) is 24.4 Å². The maximum atomic E-state index is 12.2. The minimum atomic E-state index is 0. The van der Waals surface area contributed by atoms with Gasteiger partial charge >= 0.3 is 0 Å². The van der Waals surface area contributed by atoms with Crippen LogP contribution in [-0.4, -0.2) is 50.2 Å². The number of nitrogens with one attached hydrogen (secondary N) is 1. The van der Waals surface area contributed by atoms with Crippen LogP contribution in [0, 0.1) is 11.8 Å². The summed E-state index contributed by atoms with van der Waals surface area (Å²) in [5.74, 6) is 1.01. The molecule has 2 heterocycles. The van der Waals surface area contributed by atoms with Crippen LogP contribution in [0.25, 0.3) is 0 Å². The van der Waals surface area contributed by atoms with E-state index in [4.69, 9.17) is 4.74 Å². The summed E-state index contributed by atoms with van der Waals surface area (Å²) in [6.45, 7) is 5.73. The van der Waals surface area contributed by atoms with Gasteiger partial charge in [0.05, 0.1) is 6.10 Å². The van der Waals surface area contributed by atoms with E-state index in [0.717, 1.165) is 39.0 Å². The van der Waals surface area contributed by atoms with Crippen LogP contribution in [0.3, 0.4) is 0 Å². The minimum Gasteiger partial charge on any atom is -0.380 e. The summed E-state index contributed by atoms with van der Waals surface area (Å²) >= 11 is 0. The Morgan fingerprint density at radius 1 is 1.47 bits per heavy atom. The summed E-state index contributed by atoms with van der Waals surface area (Å²) in [4.78, 5) is 14.2. The Kier molecular flexibility index (Phi) is 5.70. The topological polar surface area (TPSA) is 41.6 Å². The number of carbonyl (C=O) groups excluding carboxylic acids is 1. The second-order valence-electron chi connectivity index (χ2n) is 4.99. The zero-order valence-corrected chi connectivity index (χ0v) is 11.5. The van der Waals surface area contributed by atoms with Crippen molar-refractivity contribution in [1.82, 2.24) is 10.2 Å². The number of hydrogen-bond acceptors (Lipinski definition) is 3. The smallest absolute Gasteiger partial charge is 0.225 e. The predicted molar refractivity (Wildman–Crippen MR) is 69.4 cm³/mol. The second kappa shape index (κ2) is 6.57. The molecular formula is C12H23ClN2O2. The average Bonchev–Trinajstić information content (AvgIpc) is 2.25. The van der Waals surface area contributed by atoms with Crippen LogP contribution in [0.15, 0.2) is 0 Å². The number of carbonyl (C=O) groups is 1. The lowest BCUT2D eigenvalue weighted by Crippen LogP contribution is -2.52. The first-order valence-electron chi connectivity index (χ1n) is 6.24. The Morgan fingerprint density at radius 2 is 2.18 bits per heavy atom. The van der Waals surface area contributed by atoms with E-state index in [9.17, 15) is 4.79 Å². The third-order valence-corrected chi connectivity index (χ3v) is 3.93. The molecule has 1 amide bonds. The highest BCUT2D eigenvalue weighted by Gasteiger charge is 2.33. The summed E-state index contributed by atoms with van der Waals surface area (Å²) in [6.07, 6.45) is 2.39. The number of likely N-dealkylation sites (tertiary alicyclic amines) is 1. The lowest BCUT2D eigenvalue weighted by atomic mass is 9.87. The minimum absolute atomic E-state index is 0. The number of rotatable bonds is 3. The van der Waals surface area contributed by atoms with Crippen LogP contribution in [0.4, 0.5) is 0 Å². The van der Waals surface area contributed by atoms with Crippen molar-refractivity contribution in [1.29, 1.82) is 0 Å². The molecule has 2 saturated heterocycles. The van der Waals surface area contributed by atoms with Gasteiger partial charge in [-0.1, -0.05) is 6.92 Å². The van der Waals surface area contributed by atoms with E-state index < -0.39 is 0 Å². The molecule has 2 fully saturated rings. The van der Waals surface area contributed by atoms with Gasteiger partial charge < -0.3 is 15.0 Å². The molecule has 5 heteroatoms. The number of ether oxygens (including phenoxy) is 1. The van der Waals surface area contributed by atoms with Crippen molar-refractivity contribution in [2.75, 3.05) is 33.3 Å². The summed E-state index contributed by atoms with van der Waals surface area (Å²) in [5, 5.41) is 3.22. The summed E-state index contributed by atoms with van der Waals surface area (Å²) in [7, 11) is 1.73. The summed E-state index contributed by atoms with van der Waals surface area (Å²) in [6, 6.07) is 0. The third-order valence-electron chi connectivity index (χ3n) is 3.93. The van der Waals surface area contributed by atoms with Crippen LogP contribution in [0.2, 0.25) is 0 Å². The second-order valence-corrected chi connectivity index (χ2v) is 4.99. The van der Waals surface area contributed by atoms with E-state index in [1.807, 2.05) is 4.90 Å². The first-order chi connectivity index (χ1) is 7.72. The van der Waals surface area contributed by atoms with Gasteiger partial charge in [-0.2, -0.15) is 0 Å². The lowest BCUT2D eigenvalue weighted by molar-refractivity contribution is -0.141. The fourth-order valence-corrected chi connectivity index (χ4v) is 2.48. The number of piperidine rings is 1. The molecule has 2 aliphatic heterocycles. The standard InChI is InChI=1S/C12H22N2O2.ClH/c1-9(10-6-13-7-10)12(15)14-5-3-4-11(8-14)16-2;/h9-11,13H,3-8H2,1-2H3;1H. The normalized spacial score (nSPS) is 26.9. The molecule has 0 aromatic carbocycles. The van der Waals surface area contributed by atoms with E-state index in [1.54, 1.807) is 7.11 Å². The Balaban J connectivity index is 0.00000144. The highest BCUT2D eigenvalue weighted by Crippen LogP contribution is 2.21. The van der Waals surface area contributed by atoms with Crippen LogP contribution >= 0.6 is 12.4 Å². The van der Waals surface area contributed by atoms with E-state index in [0.29, 0.717) is 11.8 Å². The first-order valence-corrected chi connectivity index (χ1v) is 6.24. The van der Waals surface area contributed by atoms with Gasteiger partial charge in [-0.3, -0.25) is 4.79 Å². The highest BCUT2D eigenvalue weighted by molar-refractivity contribution is 5.85. The van der Waals surface area contributed by atoms with Gasteiger partial charge in [-0.05, 0) is 31.8 Å². The molecule has 2 aliphatic rings. The lowest BCUT2D eigenvalue weighted by Gasteiger charge is -2.38. The summed E-state index contributed by atoms with van der Waals surface area (Å²) in [5.41, 5.74) is 0. The maximum absolute atomic E-state index is 12.2. The molecule has 0 aromatic rings. The van der Waals surface area contributed by atoms with Gasteiger partial charge in [0.15, 0.2) is 0 Å². The molecule has 2 rings (SSSR count). The summed E-state index contributed by atoms with van der Waals surface area (Å²) < 4.78 is 5.35. The third kappa shape index (κ3) is 3.33. The molecular weight excluding hydrogens is 240 g/mol. The van der Waals surface area contributed by atoms with Crippen molar-refractivity contribution in [3.63, 3.8) is 0 Å². The molecule has 0 spiro atoms. The maximum Gasteiger partial charge on any atom is 0.225 e. The van der Waals surface area contributed by atoms with Crippen LogP contribution < -0.4 is 5.32 Å². The number of methoxy groups -OCH3 is 1. The molecule has 17 heavy (non-hydrogen) atoms. The molecule has 2 unspecified atom stereocenters. The van der Waals surface area contributed by atoms with Gasteiger partial charge in [-0.25, -0.2) is 0 Å². The zero-order valence-electron chi connectivity index (χ0n) is 10.6. The molecule has 0 aromatic heterocycles. The number of halogens is 1. The van der Waals surface area contributed by atoms with Gasteiger partial charge in [0.1, 0.15) is 0 Å². The van der Waals surface area contributed by atoms with Crippen molar-refractivity contribution in [2.24, 2.45) is 11.8 Å². The highest BCUT2D eigenvalue weighted by atomic mass is 35.5. The van der Waals surface area contributed by atoms with Crippen LogP contribution in [-0.2, 0) is 9.53 Å². The molecule has 0 radical (unpaired) electrons. The van der Waals surface area contributed by atoms with E-state index in [1.165, 1.54) is 0 Å². The average molecular weight is 263 g/mol.